The van der Waals surface area contributed by atoms with Crippen molar-refractivity contribution < 1.29 is 10.2 Å². The molecule has 0 aromatic heterocycles. The molecule has 2 nitrogen and oxygen atoms in total. The number of aryl methyl sites for hydroxylation is 1. The van der Waals surface area contributed by atoms with E-state index in [-0.39, 0.29) is 11.5 Å². The van der Waals surface area contributed by atoms with E-state index in [2.05, 4.69) is 22.6 Å². The molecule has 0 aliphatic rings. The van der Waals surface area contributed by atoms with Crippen molar-refractivity contribution >= 4 is 22.6 Å². The van der Waals surface area contributed by atoms with Gasteiger partial charge in [0.25, 0.3) is 0 Å². The molecule has 3 heteroatoms. The van der Waals surface area contributed by atoms with Crippen molar-refractivity contribution in [2.45, 2.75) is 6.42 Å². The molecule has 0 aliphatic carbocycles. The molecule has 1 aromatic rings. The zero-order valence-corrected chi connectivity index (χ0v) is 8.08. The SMILES string of the molecule is Oc1ccc(CCI)cc1O. The predicted octanol–water partition coefficient (Wildman–Crippen LogP) is 2.08. The van der Waals surface area contributed by atoms with Gasteiger partial charge in [0, 0.05) is 4.43 Å². The highest BCUT2D eigenvalue weighted by Gasteiger charge is 1.98. The van der Waals surface area contributed by atoms with Crippen molar-refractivity contribution in [3.05, 3.63) is 23.8 Å². The normalized spacial score (nSPS) is 9.91. The summed E-state index contributed by atoms with van der Waals surface area (Å²) in [5.74, 6) is -0.0884. The van der Waals surface area contributed by atoms with E-state index >= 15 is 0 Å². The van der Waals surface area contributed by atoms with Crippen molar-refractivity contribution in [3.8, 4) is 11.5 Å². The van der Waals surface area contributed by atoms with Crippen LogP contribution in [-0.2, 0) is 6.42 Å². The summed E-state index contributed by atoms with van der Waals surface area (Å²) in [6.07, 6.45) is 0.925. The summed E-state index contributed by atoms with van der Waals surface area (Å²) in [6, 6.07) is 4.92. The van der Waals surface area contributed by atoms with E-state index in [1.54, 1.807) is 6.07 Å². The van der Waals surface area contributed by atoms with E-state index in [4.69, 9.17) is 10.2 Å². The number of aromatic hydroxyl groups is 2. The fourth-order valence-electron chi connectivity index (χ4n) is 0.834. The highest BCUT2D eigenvalue weighted by atomic mass is 127. The third-order valence-electron chi connectivity index (χ3n) is 1.42. The Labute approximate surface area is 79.0 Å². The molecule has 60 valence electrons. The Kier molecular flexibility index (Phi) is 2.99. The Morgan fingerprint density at radius 3 is 2.45 bits per heavy atom. The lowest BCUT2D eigenvalue weighted by Crippen LogP contribution is -1.84. The van der Waals surface area contributed by atoms with Crippen LogP contribution in [0.3, 0.4) is 0 Å². The van der Waals surface area contributed by atoms with Crippen LogP contribution in [-0.4, -0.2) is 14.6 Å². The van der Waals surface area contributed by atoms with Gasteiger partial charge in [-0.2, -0.15) is 0 Å². The lowest BCUT2D eigenvalue weighted by molar-refractivity contribution is 0.403. The first-order chi connectivity index (χ1) is 5.24. The highest BCUT2D eigenvalue weighted by molar-refractivity contribution is 14.1. The number of phenolic OH excluding ortho intramolecular Hbond substituents is 2. The maximum atomic E-state index is 9.07. The zero-order chi connectivity index (χ0) is 8.27. The van der Waals surface area contributed by atoms with Crippen LogP contribution in [0.1, 0.15) is 5.56 Å². The molecule has 0 unspecified atom stereocenters. The van der Waals surface area contributed by atoms with E-state index in [0.29, 0.717) is 0 Å². The minimum atomic E-state index is -0.0535. The number of benzene rings is 1. The van der Waals surface area contributed by atoms with E-state index < -0.39 is 0 Å². The predicted molar refractivity (Wildman–Crippen MR) is 52.4 cm³/mol. The number of phenols is 2. The van der Waals surface area contributed by atoms with Crippen LogP contribution in [0.2, 0.25) is 0 Å². The van der Waals surface area contributed by atoms with E-state index in [1.165, 1.54) is 6.07 Å². The second-order valence-corrected chi connectivity index (χ2v) is 3.34. The molecular formula is C8H9IO2. The molecule has 0 bridgehead atoms. The summed E-state index contributed by atoms with van der Waals surface area (Å²) in [6.45, 7) is 0. The summed E-state index contributed by atoms with van der Waals surface area (Å²) in [5.41, 5.74) is 1.05. The number of hydrogen-bond donors (Lipinski definition) is 2. The molecule has 0 heterocycles. The monoisotopic (exact) mass is 264 g/mol. The molecule has 0 radical (unpaired) electrons. The van der Waals surface area contributed by atoms with E-state index in [0.717, 1.165) is 16.4 Å². The summed E-state index contributed by atoms with van der Waals surface area (Å²) in [5, 5.41) is 18.0. The van der Waals surface area contributed by atoms with Crippen LogP contribution in [0.5, 0.6) is 11.5 Å². The Balaban J connectivity index is 2.86. The number of hydrogen-bond acceptors (Lipinski definition) is 2. The molecule has 0 saturated carbocycles. The quantitative estimate of drug-likeness (QED) is 0.487. The van der Waals surface area contributed by atoms with Crippen molar-refractivity contribution in [3.63, 3.8) is 0 Å². The topological polar surface area (TPSA) is 40.5 Å². The fraction of sp³-hybridized carbons (Fsp3) is 0.250. The Hall–Kier alpha value is -0.450. The number of halogens is 1. The second-order valence-electron chi connectivity index (χ2n) is 2.26. The minimum absolute atomic E-state index is 0.0349. The first-order valence-corrected chi connectivity index (χ1v) is 4.83. The summed E-state index contributed by atoms with van der Waals surface area (Å²) >= 11 is 2.27. The van der Waals surface area contributed by atoms with Crippen molar-refractivity contribution in [2.75, 3.05) is 4.43 Å². The smallest absolute Gasteiger partial charge is 0.157 e. The highest BCUT2D eigenvalue weighted by Crippen LogP contribution is 2.25. The van der Waals surface area contributed by atoms with Gasteiger partial charge < -0.3 is 10.2 Å². The molecule has 0 fully saturated rings. The van der Waals surface area contributed by atoms with Gasteiger partial charge in [-0.25, -0.2) is 0 Å². The van der Waals surface area contributed by atoms with Gasteiger partial charge in [-0.1, -0.05) is 28.7 Å². The third-order valence-corrected chi connectivity index (χ3v) is 1.96. The van der Waals surface area contributed by atoms with Crippen LogP contribution in [0.25, 0.3) is 0 Å². The Morgan fingerprint density at radius 2 is 1.91 bits per heavy atom. The van der Waals surface area contributed by atoms with Crippen LogP contribution in [0.15, 0.2) is 18.2 Å². The van der Waals surface area contributed by atoms with Gasteiger partial charge in [0.15, 0.2) is 11.5 Å². The molecule has 0 amide bonds. The third kappa shape index (κ3) is 2.25. The first-order valence-electron chi connectivity index (χ1n) is 3.31. The van der Waals surface area contributed by atoms with Crippen molar-refractivity contribution in [2.24, 2.45) is 0 Å². The maximum Gasteiger partial charge on any atom is 0.157 e. The molecule has 1 rings (SSSR count). The maximum absolute atomic E-state index is 9.07. The van der Waals surface area contributed by atoms with Crippen molar-refractivity contribution in [1.29, 1.82) is 0 Å². The molecule has 2 N–H and O–H groups in total. The van der Waals surface area contributed by atoms with Crippen molar-refractivity contribution in [1.82, 2.24) is 0 Å². The average Bonchev–Trinajstić information content (AvgIpc) is 1.98. The Morgan fingerprint density at radius 1 is 1.18 bits per heavy atom. The number of rotatable bonds is 2. The van der Waals surface area contributed by atoms with Crippen LogP contribution in [0, 0.1) is 0 Å². The van der Waals surface area contributed by atoms with Gasteiger partial charge in [-0.15, -0.1) is 0 Å². The largest absolute Gasteiger partial charge is 0.504 e. The molecule has 11 heavy (non-hydrogen) atoms. The molecule has 0 spiro atoms. The Bertz CT molecular complexity index is 248. The van der Waals surface area contributed by atoms with Gasteiger partial charge in [-0.3, -0.25) is 0 Å². The van der Waals surface area contributed by atoms with Crippen LogP contribution >= 0.6 is 22.6 Å². The van der Waals surface area contributed by atoms with Gasteiger partial charge in [-0.05, 0) is 24.1 Å². The average molecular weight is 264 g/mol. The molecule has 1 aromatic carbocycles. The molecule has 0 aliphatic heterocycles. The molecular weight excluding hydrogens is 255 g/mol. The summed E-state index contributed by atoms with van der Waals surface area (Å²) < 4.78 is 1.02. The van der Waals surface area contributed by atoms with Gasteiger partial charge >= 0.3 is 0 Å². The standard InChI is InChI=1S/C8H9IO2/c9-4-3-6-1-2-7(10)8(11)5-6/h1-2,5,10-11H,3-4H2. The van der Waals surface area contributed by atoms with E-state index in [9.17, 15) is 0 Å². The van der Waals surface area contributed by atoms with Crippen LogP contribution in [0.4, 0.5) is 0 Å². The fourth-order valence-corrected chi connectivity index (χ4v) is 1.46. The molecule has 0 saturated heterocycles. The van der Waals surface area contributed by atoms with Gasteiger partial charge in [0.1, 0.15) is 0 Å². The van der Waals surface area contributed by atoms with E-state index in [1.807, 2.05) is 6.07 Å². The van der Waals surface area contributed by atoms with Gasteiger partial charge in [0.05, 0.1) is 0 Å². The molecule has 0 atom stereocenters. The van der Waals surface area contributed by atoms with Crippen LogP contribution < -0.4 is 0 Å². The second kappa shape index (κ2) is 3.80. The summed E-state index contributed by atoms with van der Waals surface area (Å²) in [7, 11) is 0. The zero-order valence-electron chi connectivity index (χ0n) is 5.92. The van der Waals surface area contributed by atoms with Gasteiger partial charge in [0.2, 0.25) is 0 Å². The lowest BCUT2D eigenvalue weighted by Gasteiger charge is -2.00. The number of alkyl halides is 1. The minimum Gasteiger partial charge on any atom is -0.504 e. The first kappa shape index (κ1) is 8.64. The summed E-state index contributed by atoms with van der Waals surface area (Å²) in [4.78, 5) is 0. The lowest BCUT2D eigenvalue weighted by atomic mass is 10.1.